The molecule has 0 heterocycles. The van der Waals surface area contributed by atoms with Gasteiger partial charge in [0.1, 0.15) is 5.75 Å². The molecule has 1 amide bonds. The molecule has 0 saturated heterocycles. The molecule has 20 heavy (non-hydrogen) atoms. The molecule has 0 fully saturated rings. The average molecular weight is 446 g/mol. The average Bonchev–Trinajstić information content (AvgIpc) is 2.48. The van der Waals surface area contributed by atoms with Crippen molar-refractivity contribution in [2.24, 2.45) is 0 Å². The maximum Gasteiger partial charge on any atom is 0.259 e. The highest BCUT2D eigenvalue weighted by Gasteiger charge is 2.16. The number of hydrogen-bond donors (Lipinski definition) is 0. The molecule has 104 valence electrons. The molecule has 5 heteroatoms. The molecule has 0 unspecified atom stereocenters. The number of carbonyl (C=O) groups excluding carboxylic acids is 1. The van der Waals surface area contributed by atoms with Gasteiger partial charge in [-0.05, 0) is 81.0 Å². The second-order valence-electron chi connectivity index (χ2n) is 4.19. The molecule has 0 spiro atoms. The van der Waals surface area contributed by atoms with Crippen LogP contribution >= 0.6 is 38.5 Å². The lowest BCUT2D eigenvalue weighted by Crippen LogP contribution is -2.26. The number of hydrogen-bond acceptors (Lipinski definition) is 2. The lowest BCUT2D eigenvalue weighted by molar-refractivity contribution is 0.0992. The summed E-state index contributed by atoms with van der Waals surface area (Å²) >= 11 is 5.62. The van der Waals surface area contributed by atoms with Crippen LogP contribution in [-0.4, -0.2) is 20.1 Å². The van der Waals surface area contributed by atoms with Crippen LogP contribution in [-0.2, 0) is 0 Å². The van der Waals surface area contributed by atoms with Gasteiger partial charge in [0.2, 0.25) is 0 Å². The van der Waals surface area contributed by atoms with Crippen molar-refractivity contribution in [3.05, 3.63) is 56.1 Å². The summed E-state index contributed by atoms with van der Waals surface area (Å²) < 4.78 is 6.94. The molecule has 0 aliphatic carbocycles. The van der Waals surface area contributed by atoms with Gasteiger partial charge in [-0.3, -0.25) is 4.79 Å². The number of rotatable bonds is 3. The molecular weight excluding hydrogens is 433 g/mol. The Labute approximate surface area is 140 Å². The van der Waals surface area contributed by atoms with Crippen molar-refractivity contribution >= 4 is 50.1 Å². The standard InChI is InChI=1S/C15H13BrINO2/c1-18(11-4-6-12(20-2)7-5-11)15(19)13-9-10(17)3-8-14(13)16/h3-9H,1-2H3. The fourth-order valence-corrected chi connectivity index (χ4v) is 2.67. The molecule has 0 bridgehead atoms. The third kappa shape index (κ3) is 3.32. The molecule has 0 N–H and O–H groups in total. The van der Waals surface area contributed by atoms with Crippen molar-refractivity contribution in [3.8, 4) is 5.75 Å². The lowest BCUT2D eigenvalue weighted by Gasteiger charge is -2.18. The third-order valence-electron chi connectivity index (χ3n) is 2.92. The zero-order chi connectivity index (χ0) is 14.7. The van der Waals surface area contributed by atoms with Crippen molar-refractivity contribution in [1.29, 1.82) is 0 Å². The molecule has 2 aromatic carbocycles. The Hall–Kier alpha value is -1.08. The molecule has 0 aliphatic heterocycles. The Morgan fingerprint density at radius 1 is 1.20 bits per heavy atom. The first-order valence-corrected chi connectivity index (χ1v) is 7.77. The monoisotopic (exact) mass is 445 g/mol. The summed E-state index contributed by atoms with van der Waals surface area (Å²) in [5, 5.41) is 0. The zero-order valence-corrected chi connectivity index (χ0v) is 14.8. The predicted molar refractivity (Wildman–Crippen MR) is 92.6 cm³/mol. The summed E-state index contributed by atoms with van der Waals surface area (Å²) in [4.78, 5) is 14.2. The van der Waals surface area contributed by atoms with Gasteiger partial charge in [-0.1, -0.05) is 0 Å². The highest BCUT2D eigenvalue weighted by atomic mass is 127. The molecule has 2 aromatic rings. The van der Waals surface area contributed by atoms with Crippen molar-refractivity contribution in [2.75, 3.05) is 19.1 Å². The Bertz CT molecular complexity index is 628. The number of halogens is 2. The van der Waals surface area contributed by atoms with Crippen molar-refractivity contribution in [1.82, 2.24) is 0 Å². The minimum Gasteiger partial charge on any atom is -0.497 e. The van der Waals surface area contributed by atoms with Crippen LogP contribution in [0.4, 0.5) is 5.69 Å². The van der Waals surface area contributed by atoms with Gasteiger partial charge >= 0.3 is 0 Å². The Morgan fingerprint density at radius 3 is 2.45 bits per heavy atom. The minimum absolute atomic E-state index is 0.0550. The van der Waals surface area contributed by atoms with Crippen molar-refractivity contribution < 1.29 is 9.53 Å². The maximum atomic E-state index is 12.5. The van der Waals surface area contributed by atoms with E-state index in [-0.39, 0.29) is 5.91 Å². The van der Waals surface area contributed by atoms with E-state index < -0.39 is 0 Å². The second-order valence-corrected chi connectivity index (χ2v) is 6.29. The van der Waals surface area contributed by atoms with Crippen LogP contribution in [0.1, 0.15) is 10.4 Å². The summed E-state index contributed by atoms with van der Waals surface area (Å²) in [7, 11) is 3.38. The summed E-state index contributed by atoms with van der Waals surface area (Å²) in [6.45, 7) is 0. The molecule has 0 aromatic heterocycles. The minimum atomic E-state index is -0.0550. The van der Waals surface area contributed by atoms with E-state index in [1.54, 1.807) is 19.1 Å². The fourth-order valence-electron chi connectivity index (χ4n) is 1.77. The predicted octanol–water partition coefficient (Wildman–Crippen LogP) is 4.34. The van der Waals surface area contributed by atoms with E-state index in [4.69, 9.17) is 4.74 Å². The molecule has 3 nitrogen and oxygen atoms in total. The summed E-state index contributed by atoms with van der Waals surface area (Å²) in [6.07, 6.45) is 0. The largest absolute Gasteiger partial charge is 0.497 e. The van der Waals surface area contributed by atoms with Gasteiger partial charge < -0.3 is 9.64 Å². The highest BCUT2D eigenvalue weighted by molar-refractivity contribution is 14.1. The van der Waals surface area contributed by atoms with Crippen LogP contribution in [0.15, 0.2) is 46.9 Å². The number of ether oxygens (including phenoxy) is 1. The normalized spacial score (nSPS) is 10.2. The SMILES string of the molecule is COc1ccc(N(C)C(=O)c2cc(I)ccc2Br)cc1. The third-order valence-corrected chi connectivity index (χ3v) is 4.29. The Kier molecular flexibility index (Phi) is 5.04. The van der Waals surface area contributed by atoms with E-state index in [0.29, 0.717) is 5.56 Å². The quantitative estimate of drug-likeness (QED) is 0.657. The number of carbonyl (C=O) groups is 1. The van der Waals surface area contributed by atoms with E-state index in [2.05, 4.69) is 38.5 Å². The Balaban J connectivity index is 2.29. The summed E-state index contributed by atoms with van der Waals surface area (Å²) in [5.74, 6) is 0.714. The number of amides is 1. The second kappa shape index (κ2) is 6.58. The van der Waals surface area contributed by atoms with Crippen LogP contribution in [0.25, 0.3) is 0 Å². The summed E-state index contributed by atoms with van der Waals surface area (Å²) in [5.41, 5.74) is 1.47. The van der Waals surface area contributed by atoms with Gasteiger partial charge in [-0.2, -0.15) is 0 Å². The van der Waals surface area contributed by atoms with Crippen molar-refractivity contribution in [2.45, 2.75) is 0 Å². The molecule has 0 aliphatic rings. The van der Waals surface area contributed by atoms with Crippen LogP contribution < -0.4 is 9.64 Å². The molecule has 2 rings (SSSR count). The molecule has 0 atom stereocenters. The molecular formula is C15H13BrINO2. The van der Waals surface area contributed by atoms with Gasteiger partial charge in [0.05, 0.1) is 12.7 Å². The lowest BCUT2D eigenvalue weighted by atomic mass is 10.2. The summed E-state index contributed by atoms with van der Waals surface area (Å²) in [6, 6.07) is 13.1. The first kappa shape index (κ1) is 15.3. The van der Waals surface area contributed by atoms with Gasteiger partial charge in [0.15, 0.2) is 0 Å². The van der Waals surface area contributed by atoms with Gasteiger partial charge in [-0.15, -0.1) is 0 Å². The number of benzene rings is 2. The van der Waals surface area contributed by atoms with Crippen LogP contribution in [0.2, 0.25) is 0 Å². The van der Waals surface area contributed by atoms with E-state index in [9.17, 15) is 4.79 Å². The molecule has 0 saturated carbocycles. The van der Waals surface area contributed by atoms with Crippen molar-refractivity contribution in [3.63, 3.8) is 0 Å². The van der Waals surface area contributed by atoms with E-state index in [1.807, 2.05) is 42.5 Å². The number of anilines is 1. The van der Waals surface area contributed by atoms with Gasteiger partial charge in [0, 0.05) is 20.8 Å². The maximum absolute atomic E-state index is 12.5. The zero-order valence-electron chi connectivity index (χ0n) is 11.1. The number of nitrogens with zero attached hydrogens (tertiary/aromatic N) is 1. The van der Waals surface area contributed by atoms with Gasteiger partial charge in [-0.25, -0.2) is 0 Å². The fraction of sp³-hybridized carbons (Fsp3) is 0.133. The van der Waals surface area contributed by atoms with E-state index in [0.717, 1.165) is 19.5 Å². The Morgan fingerprint density at radius 2 is 1.85 bits per heavy atom. The van der Waals surface area contributed by atoms with E-state index >= 15 is 0 Å². The van der Waals surface area contributed by atoms with Crippen LogP contribution in [0.3, 0.4) is 0 Å². The smallest absolute Gasteiger partial charge is 0.259 e. The van der Waals surface area contributed by atoms with Crippen LogP contribution in [0.5, 0.6) is 5.75 Å². The highest BCUT2D eigenvalue weighted by Crippen LogP contribution is 2.24. The van der Waals surface area contributed by atoms with Gasteiger partial charge in [0.25, 0.3) is 5.91 Å². The number of methoxy groups -OCH3 is 1. The first-order chi connectivity index (χ1) is 9.52. The van der Waals surface area contributed by atoms with Crippen LogP contribution in [0, 0.1) is 3.57 Å². The van der Waals surface area contributed by atoms with E-state index in [1.165, 1.54) is 0 Å². The topological polar surface area (TPSA) is 29.5 Å². The molecule has 0 radical (unpaired) electrons. The first-order valence-electron chi connectivity index (χ1n) is 5.90.